The third kappa shape index (κ3) is 4.91. The SMILES string of the molecule is CC(CNC(=O)CCC1CCNCC1)c1nccs1. The van der Waals surface area contributed by atoms with E-state index in [1.165, 1.54) is 12.8 Å². The highest BCUT2D eigenvalue weighted by Gasteiger charge is 2.15. The summed E-state index contributed by atoms with van der Waals surface area (Å²) >= 11 is 1.65. The molecule has 2 heterocycles. The van der Waals surface area contributed by atoms with Crippen LogP contribution in [0.15, 0.2) is 11.6 Å². The number of thiazole rings is 1. The highest BCUT2D eigenvalue weighted by atomic mass is 32.1. The molecule has 1 fully saturated rings. The van der Waals surface area contributed by atoms with Gasteiger partial charge in [0.2, 0.25) is 5.91 Å². The lowest BCUT2D eigenvalue weighted by Crippen LogP contribution is -2.30. The Morgan fingerprint density at radius 2 is 2.37 bits per heavy atom. The Labute approximate surface area is 119 Å². The zero-order valence-corrected chi connectivity index (χ0v) is 12.3. The van der Waals surface area contributed by atoms with Crippen LogP contribution in [0.1, 0.15) is 43.5 Å². The molecule has 1 aliphatic rings. The molecule has 0 saturated carbocycles. The van der Waals surface area contributed by atoms with Gasteiger partial charge < -0.3 is 10.6 Å². The minimum Gasteiger partial charge on any atom is -0.355 e. The number of hydrogen-bond donors (Lipinski definition) is 2. The largest absolute Gasteiger partial charge is 0.355 e. The van der Waals surface area contributed by atoms with Crippen molar-refractivity contribution in [1.29, 1.82) is 0 Å². The van der Waals surface area contributed by atoms with Crippen molar-refractivity contribution in [2.45, 2.75) is 38.5 Å². The van der Waals surface area contributed by atoms with Crippen molar-refractivity contribution in [2.75, 3.05) is 19.6 Å². The topological polar surface area (TPSA) is 54.0 Å². The zero-order valence-electron chi connectivity index (χ0n) is 11.5. The summed E-state index contributed by atoms with van der Waals surface area (Å²) < 4.78 is 0. The van der Waals surface area contributed by atoms with Crippen LogP contribution in [0.3, 0.4) is 0 Å². The van der Waals surface area contributed by atoms with Gasteiger partial charge in [-0.1, -0.05) is 6.92 Å². The Balaban J connectivity index is 1.61. The van der Waals surface area contributed by atoms with Gasteiger partial charge in [-0.15, -0.1) is 11.3 Å². The summed E-state index contributed by atoms with van der Waals surface area (Å²) in [6.45, 7) is 5.01. The average molecular weight is 281 g/mol. The lowest BCUT2D eigenvalue weighted by Gasteiger charge is -2.22. The van der Waals surface area contributed by atoms with Crippen molar-refractivity contribution < 1.29 is 4.79 Å². The number of amides is 1. The van der Waals surface area contributed by atoms with Gasteiger partial charge >= 0.3 is 0 Å². The van der Waals surface area contributed by atoms with E-state index in [0.717, 1.165) is 30.4 Å². The molecule has 4 nitrogen and oxygen atoms in total. The summed E-state index contributed by atoms with van der Waals surface area (Å²) in [6.07, 6.45) is 5.93. The number of piperidine rings is 1. The Morgan fingerprint density at radius 1 is 1.58 bits per heavy atom. The summed E-state index contributed by atoms with van der Waals surface area (Å²) in [5.41, 5.74) is 0. The van der Waals surface area contributed by atoms with E-state index in [9.17, 15) is 4.79 Å². The van der Waals surface area contributed by atoms with E-state index < -0.39 is 0 Å². The minimum atomic E-state index is 0.182. The lowest BCUT2D eigenvalue weighted by atomic mass is 9.93. The molecule has 2 N–H and O–H groups in total. The van der Waals surface area contributed by atoms with Crippen LogP contribution in [0.5, 0.6) is 0 Å². The molecule has 1 saturated heterocycles. The van der Waals surface area contributed by atoms with Crippen LogP contribution in [0.25, 0.3) is 0 Å². The molecule has 1 amide bonds. The van der Waals surface area contributed by atoms with Crippen LogP contribution in [0.2, 0.25) is 0 Å². The second-order valence-electron chi connectivity index (χ2n) is 5.31. The first kappa shape index (κ1) is 14.5. The van der Waals surface area contributed by atoms with Gasteiger partial charge in [-0.2, -0.15) is 0 Å². The van der Waals surface area contributed by atoms with E-state index in [2.05, 4.69) is 22.5 Å². The number of aromatic nitrogens is 1. The predicted molar refractivity (Wildman–Crippen MR) is 78.4 cm³/mol. The molecule has 0 bridgehead atoms. The molecule has 0 aliphatic carbocycles. The fourth-order valence-corrected chi connectivity index (χ4v) is 3.12. The molecule has 1 unspecified atom stereocenters. The highest BCUT2D eigenvalue weighted by molar-refractivity contribution is 7.09. The lowest BCUT2D eigenvalue weighted by molar-refractivity contribution is -0.121. The third-order valence-corrected chi connectivity index (χ3v) is 4.72. The number of nitrogens with one attached hydrogen (secondary N) is 2. The molecule has 1 aromatic rings. The van der Waals surface area contributed by atoms with Gasteiger partial charge in [0.15, 0.2) is 0 Å². The van der Waals surface area contributed by atoms with E-state index in [1.807, 2.05) is 11.6 Å². The molecular weight excluding hydrogens is 258 g/mol. The fraction of sp³-hybridized carbons (Fsp3) is 0.714. The predicted octanol–water partition coefficient (Wildman–Crippen LogP) is 2.14. The van der Waals surface area contributed by atoms with Crippen LogP contribution >= 0.6 is 11.3 Å². The van der Waals surface area contributed by atoms with Crippen molar-refractivity contribution in [3.05, 3.63) is 16.6 Å². The Morgan fingerprint density at radius 3 is 3.05 bits per heavy atom. The first-order valence-electron chi connectivity index (χ1n) is 7.12. The smallest absolute Gasteiger partial charge is 0.220 e. The second kappa shape index (κ2) is 7.60. The molecule has 1 aromatic heterocycles. The van der Waals surface area contributed by atoms with Crippen molar-refractivity contribution in [3.63, 3.8) is 0 Å². The first-order chi connectivity index (χ1) is 9.25. The van der Waals surface area contributed by atoms with Crippen LogP contribution in [-0.2, 0) is 4.79 Å². The molecule has 0 radical (unpaired) electrons. The minimum absolute atomic E-state index is 0.182. The molecule has 0 aromatic carbocycles. The van der Waals surface area contributed by atoms with E-state index in [1.54, 1.807) is 11.3 Å². The molecule has 106 valence electrons. The second-order valence-corrected chi connectivity index (χ2v) is 6.23. The molecule has 0 spiro atoms. The molecule has 1 atom stereocenters. The third-order valence-electron chi connectivity index (χ3n) is 3.72. The number of nitrogens with zero attached hydrogens (tertiary/aromatic N) is 1. The van der Waals surface area contributed by atoms with Gasteiger partial charge in [-0.05, 0) is 38.3 Å². The van der Waals surface area contributed by atoms with Gasteiger partial charge in [-0.25, -0.2) is 4.98 Å². The monoisotopic (exact) mass is 281 g/mol. The van der Waals surface area contributed by atoms with Crippen molar-refractivity contribution in [2.24, 2.45) is 5.92 Å². The van der Waals surface area contributed by atoms with E-state index in [0.29, 0.717) is 18.9 Å². The maximum absolute atomic E-state index is 11.8. The Bertz CT molecular complexity index is 374. The van der Waals surface area contributed by atoms with Crippen molar-refractivity contribution in [3.8, 4) is 0 Å². The maximum Gasteiger partial charge on any atom is 0.220 e. The molecular formula is C14H23N3OS. The number of rotatable bonds is 6. The fourth-order valence-electron chi connectivity index (χ4n) is 2.43. The van der Waals surface area contributed by atoms with Crippen molar-refractivity contribution in [1.82, 2.24) is 15.6 Å². The van der Waals surface area contributed by atoms with Crippen LogP contribution in [-0.4, -0.2) is 30.5 Å². The standard InChI is InChI=1S/C14H23N3OS/c1-11(14-16-8-9-19-14)10-17-13(18)3-2-12-4-6-15-7-5-12/h8-9,11-12,15H,2-7,10H2,1H3,(H,17,18). The Hall–Kier alpha value is -0.940. The van der Waals surface area contributed by atoms with Gasteiger partial charge in [0.25, 0.3) is 0 Å². The summed E-state index contributed by atoms with van der Waals surface area (Å²) in [4.78, 5) is 16.1. The van der Waals surface area contributed by atoms with Gasteiger partial charge in [0.05, 0.1) is 5.01 Å². The summed E-state index contributed by atoms with van der Waals surface area (Å²) in [6, 6.07) is 0. The quantitative estimate of drug-likeness (QED) is 0.840. The van der Waals surface area contributed by atoms with E-state index >= 15 is 0 Å². The van der Waals surface area contributed by atoms with Crippen molar-refractivity contribution >= 4 is 17.2 Å². The summed E-state index contributed by atoms with van der Waals surface area (Å²) in [5.74, 6) is 1.22. The number of hydrogen-bond acceptors (Lipinski definition) is 4. The van der Waals surface area contributed by atoms with Crippen LogP contribution in [0, 0.1) is 5.92 Å². The summed E-state index contributed by atoms with van der Waals surface area (Å²) in [7, 11) is 0. The molecule has 19 heavy (non-hydrogen) atoms. The maximum atomic E-state index is 11.8. The molecule has 5 heteroatoms. The molecule has 1 aliphatic heterocycles. The Kier molecular flexibility index (Phi) is 5.79. The average Bonchev–Trinajstić information content (AvgIpc) is 2.98. The molecule has 2 rings (SSSR count). The van der Waals surface area contributed by atoms with Gasteiger partial charge in [-0.3, -0.25) is 4.79 Å². The number of carbonyl (C=O) groups excluding carboxylic acids is 1. The number of carbonyl (C=O) groups is 1. The van der Waals surface area contributed by atoms with Crippen LogP contribution < -0.4 is 10.6 Å². The van der Waals surface area contributed by atoms with E-state index in [-0.39, 0.29) is 5.91 Å². The zero-order chi connectivity index (χ0) is 13.5. The van der Waals surface area contributed by atoms with E-state index in [4.69, 9.17) is 0 Å². The highest BCUT2D eigenvalue weighted by Crippen LogP contribution is 2.18. The first-order valence-corrected chi connectivity index (χ1v) is 8.00. The normalized spacial score (nSPS) is 18.2. The van der Waals surface area contributed by atoms with Gasteiger partial charge in [0, 0.05) is 30.5 Å². The summed E-state index contributed by atoms with van der Waals surface area (Å²) in [5, 5.41) is 9.45. The van der Waals surface area contributed by atoms with Crippen LogP contribution in [0.4, 0.5) is 0 Å². The van der Waals surface area contributed by atoms with Gasteiger partial charge in [0.1, 0.15) is 0 Å².